The van der Waals surface area contributed by atoms with Crippen LogP contribution in [0.25, 0.3) is 11.3 Å². The first-order valence-electron chi connectivity index (χ1n) is 12.5. The zero-order valence-electron chi connectivity index (χ0n) is 21.1. The number of halogens is 1. The number of hydrogen-bond acceptors (Lipinski definition) is 7. The molecule has 1 aliphatic carbocycles. The molecule has 11 heteroatoms. The molecule has 2 unspecified atom stereocenters. The largest absolute Gasteiger partial charge is 0.439 e. The number of aliphatic hydroxyl groups excluding tert-OH is 1. The topological polar surface area (TPSA) is 126 Å². The Labute approximate surface area is 223 Å². The standard InChI is InChI=1S/C26H31BrN6O4/c1-26(2,3)23(33-14-19(30-31-33)15-7-8-15)25(36)32-13-18(34)10-20(32)24(35)29-12-22-28-11-21(37-22)16-5-4-6-17(27)9-16/h4-6,9,11,14-15,18,20,23,34H,7-8,10,12-13H2,1-3H3,(H,29,35)/t18?,20?,23-/m1/s1. The van der Waals surface area contributed by atoms with Gasteiger partial charge >= 0.3 is 0 Å². The van der Waals surface area contributed by atoms with Crippen LogP contribution in [0.15, 0.2) is 45.5 Å². The first-order valence-corrected chi connectivity index (χ1v) is 13.3. The van der Waals surface area contributed by atoms with E-state index in [0.717, 1.165) is 28.6 Å². The summed E-state index contributed by atoms with van der Waals surface area (Å²) in [7, 11) is 0. The van der Waals surface area contributed by atoms with Crippen molar-refractivity contribution >= 4 is 27.7 Å². The Hall–Kier alpha value is -3.05. The van der Waals surface area contributed by atoms with E-state index in [1.54, 1.807) is 10.9 Å². The highest BCUT2D eigenvalue weighted by atomic mass is 79.9. The first kappa shape index (κ1) is 25.6. The molecule has 5 rings (SSSR count). The monoisotopic (exact) mass is 570 g/mol. The number of β-amino-alcohol motifs (C(OH)–C–C–N with tert-alkyl or cyclic N) is 1. The Morgan fingerprint density at radius 1 is 1.30 bits per heavy atom. The lowest BCUT2D eigenvalue weighted by atomic mass is 9.85. The Bertz CT molecular complexity index is 1290. The van der Waals surface area contributed by atoms with E-state index in [2.05, 4.69) is 36.5 Å². The summed E-state index contributed by atoms with van der Waals surface area (Å²) in [6.45, 7) is 6.03. The van der Waals surface area contributed by atoms with Gasteiger partial charge in [0.2, 0.25) is 17.7 Å². The zero-order valence-corrected chi connectivity index (χ0v) is 22.7. The quantitative estimate of drug-likeness (QED) is 0.445. The summed E-state index contributed by atoms with van der Waals surface area (Å²) >= 11 is 3.44. The van der Waals surface area contributed by atoms with Crippen molar-refractivity contribution in [2.45, 2.75) is 70.7 Å². The van der Waals surface area contributed by atoms with Gasteiger partial charge in [-0.3, -0.25) is 9.59 Å². The van der Waals surface area contributed by atoms with Crippen LogP contribution in [0.3, 0.4) is 0 Å². The van der Waals surface area contributed by atoms with Gasteiger partial charge in [0.1, 0.15) is 12.1 Å². The SMILES string of the molecule is CC(C)(C)[C@@H](C(=O)N1CC(O)CC1C(=O)NCc1ncc(-c2cccc(Br)c2)o1)n1cc(C2CC2)nn1. The van der Waals surface area contributed by atoms with Crippen molar-refractivity contribution in [2.24, 2.45) is 5.41 Å². The van der Waals surface area contributed by atoms with Crippen LogP contribution in [0.5, 0.6) is 0 Å². The minimum absolute atomic E-state index is 0.0674. The molecule has 2 fully saturated rings. The number of amides is 2. The van der Waals surface area contributed by atoms with Crippen molar-refractivity contribution in [3.8, 4) is 11.3 Å². The number of rotatable bonds is 7. The highest BCUT2D eigenvalue weighted by molar-refractivity contribution is 9.10. The van der Waals surface area contributed by atoms with Gasteiger partial charge < -0.3 is 19.7 Å². The summed E-state index contributed by atoms with van der Waals surface area (Å²) in [5, 5.41) is 21.8. The van der Waals surface area contributed by atoms with Crippen molar-refractivity contribution < 1.29 is 19.1 Å². The third kappa shape index (κ3) is 5.62. The van der Waals surface area contributed by atoms with E-state index in [-0.39, 0.29) is 31.3 Å². The van der Waals surface area contributed by atoms with Crippen molar-refractivity contribution in [2.75, 3.05) is 6.54 Å². The van der Waals surface area contributed by atoms with Crippen molar-refractivity contribution in [3.63, 3.8) is 0 Å². The van der Waals surface area contributed by atoms with Crippen LogP contribution in [0, 0.1) is 5.41 Å². The van der Waals surface area contributed by atoms with Gasteiger partial charge in [-0.15, -0.1) is 5.10 Å². The normalized spacial score (nSPS) is 20.7. The smallest absolute Gasteiger partial charge is 0.248 e. The fraction of sp³-hybridized carbons (Fsp3) is 0.500. The van der Waals surface area contributed by atoms with Crippen molar-refractivity contribution in [1.82, 2.24) is 30.2 Å². The Morgan fingerprint density at radius 3 is 2.78 bits per heavy atom. The molecule has 1 saturated heterocycles. The molecule has 0 bridgehead atoms. The summed E-state index contributed by atoms with van der Waals surface area (Å²) in [6, 6.07) is 6.18. The number of carbonyl (C=O) groups is 2. The molecule has 3 heterocycles. The fourth-order valence-electron chi connectivity index (χ4n) is 4.77. The van der Waals surface area contributed by atoms with Gasteiger partial charge in [-0.05, 0) is 30.4 Å². The van der Waals surface area contributed by atoms with Crippen LogP contribution in [0.1, 0.15) is 63.6 Å². The van der Waals surface area contributed by atoms with Crippen LogP contribution in [-0.2, 0) is 16.1 Å². The van der Waals surface area contributed by atoms with Crippen LogP contribution < -0.4 is 5.32 Å². The molecule has 0 radical (unpaired) electrons. The molecule has 3 aromatic rings. The van der Waals surface area contributed by atoms with Crippen molar-refractivity contribution in [3.05, 3.63) is 52.7 Å². The van der Waals surface area contributed by atoms with E-state index in [1.165, 1.54) is 4.90 Å². The maximum atomic E-state index is 13.8. The van der Waals surface area contributed by atoms with Crippen LogP contribution in [0.2, 0.25) is 0 Å². The van der Waals surface area contributed by atoms with E-state index >= 15 is 0 Å². The Morgan fingerprint density at radius 2 is 2.08 bits per heavy atom. The Balaban J connectivity index is 1.28. The molecule has 2 N–H and O–H groups in total. The van der Waals surface area contributed by atoms with E-state index < -0.39 is 23.6 Å². The molecule has 0 spiro atoms. The van der Waals surface area contributed by atoms with E-state index in [1.807, 2.05) is 51.2 Å². The molecule has 196 valence electrons. The number of aromatic nitrogens is 4. The summed E-state index contributed by atoms with van der Waals surface area (Å²) < 4.78 is 8.34. The molecule has 1 aromatic carbocycles. The van der Waals surface area contributed by atoms with Gasteiger partial charge in [-0.1, -0.05) is 54.0 Å². The second-order valence-corrected chi connectivity index (χ2v) is 11.8. The van der Waals surface area contributed by atoms with Gasteiger partial charge in [-0.2, -0.15) is 0 Å². The lowest BCUT2D eigenvalue weighted by molar-refractivity contribution is -0.144. The molecule has 1 saturated carbocycles. The number of aliphatic hydroxyl groups is 1. The van der Waals surface area contributed by atoms with E-state index in [9.17, 15) is 14.7 Å². The number of benzene rings is 1. The molecule has 3 atom stereocenters. The highest BCUT2D eigenvalue weighted by Crippen LogP contribution is 2.40. The predicted octanol–water partition coefficient (Wildman–Crippen LogP) is 3.44. The Kier molecular flexibility index (Phi) is 6.93. The van der Waals surface area contributed by atoms with E-state index in [4.69, 9.17) is 4.42 Å². The molecule has 2 amide bonds. The number of likely N-dealkylation sites (tertiary alicyclic amines) is 1. The number of nitrogens with zero attached hydrogens (tertiary/aromatic N) is 5. The maximum Gasteiger partial charge on any atom is 0.248 e. The number of hydrogen-bond donors (Lipinski definition) is 2. The average Bonchev–Trinajstić information content (AvgIpc) is 3.22. The molecule has 1 aliphatic heterocycles. The molecule has 2 aromatic heterocycles. The van der Waals surface area contributed by atoms with Gasteiger partial charge in [0.15, 0.2) is 5.76 Å². The average molecular weight is 571 g/mol. The maximum absolute atomic E-state index is 13.8. The lowest BCUT2D eigenvalue weighted by Gasteiger charge is -2.34. The molecule has 2 aliphatic rings. The van der Waals surface area contributed by atoms with Gasteiger partial charge in [0.05, 0.1) is 24.5 Å². The molecule has 10 nitrogen and oxygen atoms in total. The van der Waals surface area contributed by atoms with Crippen LogP contribution in [0.4, 0.5) is 0 Å². The summed E-state index contributed by atoms with van der Waals surface area (Å²) in [5.74, 6) is 0.727. The summed E-state index contributed by atoms with van der Waals surface area (Å²) in [6.07, 6.45) is 5.00. The second-order valence-electron chi connectivity index (χ2n) is 10.9. The first-order chi connectivity index (χ1) is 17.6. The second kappa shape index (κ2) is 10.0. The zero-order chi connectivity index (χ0) is 26.3. The minimum Gasteiger partial charge on any atom is -0.439 e. The molecule has 37 heavy (non-hydrogen) atoms. The summed E-state index contributed by atoms with van der Waals surface area (Å²) in [4.78, 5) is 32.7. The third-order valence-electron chi connectivity index (χ3n) is 6.78. The number of carbonyl (C=O) groups excluding carboxylic acids is 2. The van der Waals surface area contributed by atoms with Crippen LogP contribution in [-0.4, -0.2) is 60.5 Å². The lowest BCUT2D eigenvalue weighted by Crippen LogP contribution is -2.50. The van der Waals surface area contributed by atoms with Crippen LogP contribution >= 0.6 is 15.9 Å². The minimum atomic E-state index is -0.807. The summed E-state index contributed by atoms with van der Waals surface area (Å²) in [5.41, 5.74) is 1.27. The molecular formula is C26H31BrN6O4. The van der Waals surface area contributed by atoms with Gasteiger partial charge in [0, 0.05) is 35.1 Å². The predicted molar refractivity (Wildman–Crippen MR) is 138 cm³/mol. The third-order valence-corrected chi connectivity index (χ3v) is 7.28. The van der Waals surface area contributed by atoms with Gasteiger partial charge in [-0.25, -0.2) is 9.67 Å². The fourth-order valence-corrected chi connectivity index (χ4v) is 5.17. The number of oxazole rings is 1. The van der Waals surface area contributed by atoms with Gasteiger partial charge in [0.25, 0.3) is 0 Å². The molecular weight excluding hydrogens is 540 g/mol. The van der Waals surface area contributed by atoms with E-state index in [0.29, 0.717) is 17.6 Å². The van der Waals surface area contributed by atoms with Crippen molar-refractivity contribution in [1.29, 1.82) is 0 Å². The number of nitrogens with one attached hydrogen (secondary N) is 1. The highest BCUT2D eigenvalue weighted by Gasteiger charge is 2.45.